The van der Waals surface area contributed by atoms with Gasteiger partial charge in [-0.2, -0.15) is 5.10 Å². The fourth-order valence-corrected chi connectivity index (χ4v) is 3.04. The summed E-state index contributed by atoms with van der Waals surface area (Å²) < 4.78 is 6.63. The molecule has 0 atom stereocenters. The third-order valence-electron chi connectivity index (χ3n) is 2.85. The zero-order valence-corrected chi connectivity index (χ0v) is 15.4. The highest BCUT2D eigenvalue weighted by Gasteiger charge is 2.07. The van der Waals surface area contributed by atoms with Crippen LogP contribution in [0.1, 0.15) is 22.8 Å². The highest BCUT2D eigenvalue weighted by Crippen LogP contribution is 2.30. The number of benzene rings is 2. The number of nitrogens with zero attached hydrogens (tertiary/aromatic N) is 1. The third-order valence-corrected chi connectivity index (χ3v) is 3.92. The first-order chi connectivity index (χ1) is 11.0. The van der Waals surface area contributed by atoms with Gasteiger partial charge in [-0.1, -0.05) is 15.9 Å². The molecule has 0 aliphatic carbocycles. The van der Waals surface area contributed by atoms with Gasteiger partial charge in [0.25, 0.3) is 5.91 Å². The second-order valence-corrected chi connectivity index (χ2v) is 6.25. The van der Waals surface area contributed by atoms with Crippen LogP contribution in [0.15, 0.2) is 50.4 Å². The molecule has 0 radical (unpaired) electrons. The number of aromatic hydroxyl groups is 1. The van der Waals surface area contributed by atoms with Crippen LogP contribution in [0, 0.1) is 0 Å². The number of halogens is 2. The number of ether oxygens (including phenoxy) is 1. The molecule has 0 heterocycles. The molecule has 2 aromatic rings. The van der Waals surface area contributed by atoms with E-state index in [1.807, 2.05) is 6.92 Å². The largest absolute Gasteiger partial charge is 0.506 e. The van der Waals surface area contributed by atoms with Gasteiger partial charge in [-0.3, -0.25) is 4.79 Å². The topological polar surface area (TPSA) is 70.9 Å². The Morgan fingerprint density at radius 1 is 1.30 bits per heavy atom. The molecule has 0 aromatic heterocycles. The molecule has 0 bridgehead atoms. The van der Waals surface area contributed by atoms with E-state index in [1.54, 1.807) is 36.4 Å². The van der Waals surface area contributed by atoms with E-state index in [-0.39, 0.29) is 11.7 Å². The van der Waals surface area contributed by atoms with E-state index in [0.717, 1.165) is 4.47 Å². The first-order valence-electron chi connectivity index (χ1n) is 6.75. The fraction of sp³-hybridized carbons (Fsp3) is 0.125. The lowest BCUT2D eigenvalue weighted by molar-refractivity contribution is 0.0955. The molecule has 1 amide bonds. The Labute approximate surface area is 150 Å². The number of hydrogen-bond acceptors (Lipinski definition) is 4. The highest BCUT2D eigenvalue weighted by atomic mass is 79.9. The molecule has 2 N–H and O–H groups in total. The van der Waals surface area contributed by atoms with Gasteiger partial charge in [-0.15, -0.1) is 0 Å². The molecule has 0 aliphatic heterocycles. The minimum Gasteiger partial charge on any atom is -0.506 e. The SMILES string of the molecule is CCOc1ccc(C(=O)N/N=C/c2cc(Br)cc(Br)c2O)cc1. The lowest BCUT2D eigenvalue weighted by Crippen LogP contribution is -2.17. The molecule has 0 unspecified atom stereocenters. The van der Waals surface area contributed by atoms with Crippen molar-refractivity contribution in [2.75, 3.05) is 6.61 Å². The number of rotatable bonds is 5. The minimum absolute atomic E-state index is 0.0484. The molecule has 0 saturated heterocycles. The average molecular weight is 442 g/mol. The number of nitrogens with one attached hydrogen (secondary N) is 1. The van der Waals surface area contributed by atoms with Crippen molar-refractivity contribution >= 4 is 44.0 Å². The molecule has 2 aromatic carbocycles. The van der Waals surface area contributed by atoms with Crippen molar-refractivity contribution in [1.82, 2.24) is 5.43 Å². The lowest BCUT2D eigenvalue weighted by Gasteiger charge is -2.05. The molecule has 0 saturated carbocycles. The zero-order valence-electron chi connectivity index (χ0n) is 12.2. The molecule has 120 valence electrons. The van der Waals surface area contributed by atoms with Crippen LogP contribution in [-0.4, -0.2) is 23.8 Å². The number of carbonyl (C=O) groups is 1. The van der Waals surface area contributed by atoms with E-state index in [1.165, 1.54) is 6.21 Å². The number of hydrogen-bond donors (Lipinski definition) is 2. The van der Waals surface area contributed by atoms with Gasteiger partial charge in [0.2, 0.25) is 0 Å². The molecule has 2 rings (SSSR count). The molecule has 0 spiro atoms. The van der Waals surface area contributed by atoms with Gasteiger partial charge in [0.05, 0.1) is 17.3 Å². The van der Waals surface area contributed by atoms with E-state index in [4.69, 9.17) is 4.74 Å². The van der Waals surface area contributed by atoms with Crippen LogP contribution in [0.25, 0.3) is 0 Å². The van der Waals surface area contributed by atoms with Crippen molar-refractivity contribution in [3.63, 3.8) is 0 Å². The number of phenolic OH excluding ortho intramolecular Hbond substituents is 1. The predicted octanol–water partition coefficient (Wildman–Crippen LogP) is 4.08. The number of amides is 1. The van der Waals surface area contributed by atoms with Crippen LogP contribution in [-0.2, 0) is 0 Å². The lowest BCUT2D eigenvalue weighted by atomic mass is 10.2. The smallest absolute Gasteiger partial charge is 0.271 e. The van der Waals surface area contributed by atoms with Crippen molar-refractivity contribution in [3.05, 3.63) is 56.5 Å². The van der Waals surface area contributed by atoms with Crippen LogP contribution in [0.2, 0.25) is 0 Å². The van der Waals surface area contributed by atoms with Crippen molar-refractivity contribution < 1.29 is 14.6 Å². The molecule has 0 aliphatic rings. The Balaban J connectivity index is 2.04. The minimum atomic E-state index is -0.349. The summed E-state index contributed by atoms with van der Waals surface area (Å²) in [5, 5.41) is 13.8. The first-order valence-corrected chi connectivity index (χ1v) is 8.34. The van der Waals surface area contributed by atoms with Crippen LogP contribution in [0.4, 0.5) is 0 Å². The van der Waals surface area contributed by atoms with Crippen molar-refractivity contribution in [2.24, 2.45) is 5.10 Å². The summed E-state index contributed by atoms with van der Waals surface area (Å²) >= 11 is 6.56. The van der Waals surface area contributed by atoms with Gasteiger partial charge in [0, 0.05) is 15.6 Å². The summed E-state index contributed by atoms with van der Waals surface area (Å²) in [6, 6.07) is 10.2. The maximum absolute atomic E-state index is 12.0. The number of carbonyl (C=O) groups excluding carboxylic acids is 1. The van der Waals surface area contributed by atoms with E-state index in [9.17, 15) is 9.90 Å². The predicted molar refractivity (Wildman–Crippen MR) is 96.2 cm³/mol. The van der Waals surface area contributed by atoms with E-state index in [0.29, 0.717) is 28.0 Å². The molecule has 5 nitrogen and oxygen atoms in total. The Morgan fingerprint density at radius 2 is 2.00 bits per heavy atom. The summed E-state index contributed by atoms with van der Waals surface area (Å²) in [6.07, 6.45) is 1.37. The third kappa shape index (κ3) is 4.80. The van der Waals surface area contributed by atoms with Gasteiger partial charge >= 0.3 is 0 Å². The average Bonchev–Trinajstić information content (AvgIpc) is 2.53. The monoisotopic (exact) mass is 440 g/mol. The molecular weight excluding hydrogens is 428 g/mol. The second-order valence-electron chi connectivity index (χ2n) is 4.48. The van der Waals surface area contributed by atoms with Crippen molar-refractivity contribution in [3.8, 4) is 11.5 Å². The van der Waals surface area contributed by atoms with Gasteiger partial charge in [-0.05, 0) is 59.3 Å². The zero-order chi connectivity index (χ0) is 16.8. The van der Waals surface area contributed by atoms with Crippen LogP contribution >= 0.6 is 31.9 Å². The Kier molecular flexibility index (Phi) is 6.18. The van der Waals surface area contributed by atoms with E-state index < -0.39 is 0 Å². The summed E-state index contributed by atoms with van der Waals surface area (Å²) in [6.45, 7) is 2.46. The Morgan fingerprint density at radius 3 is 2.65 bits per heavy atom. The maximum atomic E-state index is 12.0. The van der Waals surface area contributed by atoms with Crippen molar-refractivity contribution in [1.29, 1.82) is 0 Å². The molecule has 0 fully saturated rings. The number of hydrazone groups is 1. The normalized spacial score (nSPS) is 10.7. The van der Waals surface area contributed by atoms with Gasteiger partial charge in [0.15, 0.2) is 0 Å². The van der Waals surface area contributed by atoms with Gasteiger partial charge < -0.3 is 9.84 Å². The Hall–Kier alpha value is -1.86. The summed E-state index contributed by atoms with van der Waals surface area (Å²) in [5.41, 5.74) is 3.35. The van der Waals surface area contributed by atoms with Crippen molar-refractivity contribution in [2.45, 2.75) is 6.92 Å². The summed E-state index contributed by atoms with van der Waals surface area (Å²) in [4.78, 5) is 12.0. The van der Waals surface area contributed by atoms with Gasteiger partial charge in [0.1, 0.15) is 11.5 Å². The first kappa shape index (κ1) is 17.5. The van der Waals surface area contributed by atoms with Crippen LogP contribution in [0.3, 0.4) is 0 Å². The quantitative estimate of drug-likeness (QED) is 0.542. The van der Waals surface area contributed by atoms with Crippen LogP contribution in [0.5, 0.6) is 11.5 Å². The van der Waals surface area contributed by atoms with Crippen LogP contribution < -0.4 is 10.2 Å². The molecule has 7 heteroatoms. The Bertz CT molecular complexity index is 731. The second kappa shape index (κ2) is 8.12. The summed E-state index contributed by atoms with van der Waals surface area (Å²) in [7, 11) is 0. The number of phenols is 1. The summed E-state index contributed by atoms with van der Waals surface area (Å²) in [5.74, 6) is 0.404. The molecular formula is C16H14Br2N2O3. The standard InChI is InChI=1S/C16H14Br2N2O3/c1-2-23-13-5-3-10(4-6-13)16(22)20-19-9-11-7-12(17)8-14(18)15(11)21/h3-9,21H,2H2,1H3,(H,20,22)/b19-9+. The van der Waals surface area contributed by atoms with E-state index in [2.05, 4.69) is 42.4 Å². The van der Waals surface area contributed by atoms with Gasteiger partial charge in [-0.25, -0.2) is 5.43 Å². The maximum Gasteiger partial charge on any atom is 0.271 e. The fourth-order valence-electron chi connectivity index (χ4n) is 1.78. The van der Waals surface area contributed by atoms with E-state index >= 15 is 0 Å². The molecule has 23 heavy (non-hydrogen) atoms. The highest BCUT2D eigenvalue weighted by molar-refractivity contribution is 9.11.